The molecule has 0 radical (unpaired) electrons. The molecule has 0 fully saturated rings. The zero-order valence-electron chi connectivity index (χ0n) is 14.8. The van der Waals surface area contributed by atoms with Crippen molar-refractivity contribution in [1.82, 2.24) is 0 Å². The normalized spacial score (nSPS) is 10.7. The van der Waals surface area contributed by atoms with Crippen molar-refractivity contribution in [2.24, 2.45) is 0 Å². The van der Waals surface area contributed by atoms with Crippen molar-refractivity contribution in [2.75, 3.05) is 0 Å². The van der Waals surface area contributed by atoms with Gasteiger partial charge in [-0.25, -0.2) is 9.59 Å². The minimum absolute atomic E-state index is 0.340. The fourth-order valence-corrected chi connectivity index (χ4v) is 3.10. The molecule has 5 nitrogen and oxygen atoms in total. The predicted octanol–water partition coefficient (Wildman–Crippen LogP) is 4.74. The monoisotopic (exact) mass is 372 g/mol. The summed E-state index contributed by atoms with van der Waals surface area (Å²) in [6, 6.07) is 23.7. The minimum atomic E-state index is -1.29. The number of carboxylic acid groups (broad SMARTS) is 1. The van der Waals surface area contributed by atoms with Gasteiger partial charge in [0, 0.05) is 10.9 Å². The number of carbonyl (C=O) groups is 1. The third kappa shape index (κ3) is 3.38. The third-order valence-electron chi connectivity index (χ3n) is 4.42. The van der Waals surface area contributed by atoms with Gasteiger partial charge in [0.15, 0.2) is 0 Å². The Bertz CT molecular complexity index is 1190. The smallest absolute Gasteiger partial charge is 0.372 e. The highest BCUT2D eigenvalue weighted by Crippen LogP contribution is 2.32. The quantitative estimate of drug-likeness (QED) is 0.548. The van der Waals surface area contributed by atoms with Crippen LogP contribution in [0.2, 0.25) is 0 Å². The third-order valence-corrected chi connectivity index (χ3v) is 4.42. The van der Waals surface area contributed by atoms with Crippen molar-refractivity contribution in [1.29, 1.82) is 0 Å². The Hall–Kier alpha value is -3.86. The van der Waals surface area contributed by atoms with Gasteiger partial charge in [0.25, 0.3) is 0 Å². The van der Waals surface area contributed by atoms with E-state index in [1.165, 1.54) is 0 Å². The van der Waals surface area contributed by atoms with E-state index in [-0.39, 0.29) is 5.76 Å². The van der Waals surface area contributed by atoms with E-state index in [0.29, 0.717) is 34.3 Å². The summed E-state index contributed by atoms with van der Waals surface area (Å²) >= 11 is 0. The lowest BCUT2D eigenvalue weighted by Crippen LogP contribution is -2.09. The molecule has 4 aromatic rings. The van der Waals surface area contributed by atoms with Gasteiger partial charge in [0.05, 0.1) is 5.39 Å². The van der Waals surface area contributed by atoms with Crippen LogP contribution in [0.3, 0.4) is 0 Å². The van der Waals surface area contributed by atoms with E-state index in [2.05, 4.69) is 0 Å². The van der Waals surface area contributed by atoms with Crippen LogP contribution >= 0.6 is 0 Å². The van der Waals surface area contributed by atoms with Crippen LogP contribution in [0.1, 0.15) is 16.1 Å². The minimum Gasteiger partial charge on any atom is -0.489 e. The van der Waals surface area contributed by atoms with Gasteiger partial charge in [-0.2, -0.15) is 0 Å². The van der Waals surface area contributed by atoms with Gasteiger partial charge in [-0.1, -0.05) is 60.7 Å². The summed E-state index contributed by atoms with van der Waals surface area (Å²) < 4.78 is 10.9. The first-order valence-electron chi connectivity index (χ1n) is 8.70. The average Bonchev–Trinajstić information content (AvgIpc) is 2.73. The van der Waals surface area contributed by atoms with Gasteiger partial charge >= 0.3 is 11.6 Å². The molecule has 0 aliphatic rings. The van der Waals surface area contributed by atoms with Crippen LogP contribution in [-0.2, 0) is 6.61 Å². The van der Waals surface area contributed by atoms with Gasteiger partial charge in [-0.15, -0.1) is 0 Å². The highest BCUT2D eigenvalue weighted by atomic mass is 16.5. The number of aromatic carboxylic acids is 1. The van der Waals surface area contributed by atoms with Crippen LogP contribution in [0, 0.1) is 0 Å². The van der Waals surface area contributed by atoms with Crippen molar-refractivity contribution >= 4 is 16.7 Å². The van der Waals surface area contributed by atoms with E-state index in [1.807, 2.05) is 30.3 Å². The SMILES string of the molecule is O=C(O)c1oc(=O)c2ccccc2c1-c1ccc(OCc2ccccc2)cc1. The number of hydrogen-bond donors (Lipinski definition) is 1. The summed E-state index contributed by atoms with van der Waals surface area (Å²) in [6.45, 7) is 0.434. The molecule has 138 valence electrons. The lowest BCUT2D eigenvalue weighted by atomic mass is 9.98. The van der Waals surface area contributed by atoms with Crippen LogP contribution in [0.4, 0.5) is 0 Å². The topological polar surface area (TPSA) is 76.7 Å². The van der Waals surface area contributed by atoms with Gasteiger partial charge in [-0.3, -0.25) is 0 Å². The fraction of sp³-hybridized carbons (Fsp3) is 0.0435. The molecule has 0 amide bonds. The zero-order valence-corrected chi connectivity index (χ0v) is 14.8. The van der Waals surface area contributed by atoms with E-state index >= 15 is 0 Å². The number of benzene rings is 3. The van der Waals surface area contributed by atoms with E-state index in [0.717, 1.165) is 5.56 Å². The molecule has 0 spiro atoms. The second-order valence-corrected chi connectivity index (χ2v) is 6.24. The molecule has 1 N–H and O–H groups in total. The number of fused-ring (bicyclic) bond motifs is 1. The molecule has 0 unspecified atom stereocenters. The van der Waals surface area contributed by atoms with Gasteiger partial charge in [-0.05, 0) is 29.3 Å². The van der Waals surface area contributed by atoms with E-state index < -0.39 is 11.6 Å². The van der Waals surface area contributed by atoms with Crippen LogP contribution in [0.15, 0.2) is 88.1 Å². The molecule has 28 heavy (non-hydrogen) atoms. The van der Waals surface area contributed by atoms with E-state index in [4.69, 9.17) is 9.15 Å². The Morgan fingerprint density at radius 2 is 1.50 bits per heavy atom. The first-order chi connectivity index (χ1) is 13.6. The summed E-state index contributed by atoms with van der Waals surface area (Å²) in [6.07, 6.45) is 0. The maximum Gasteiger partial charge on any atom is 0.372 e. The fourth-order valence-electron chi connectivity index (χ4n) is 3.10. The lowest BCUT2D eigenvalue weighted by Gasteiger charge is -2.11. The molecule has 0 saturated carbocycles. The maximum atomic E-state index is 12.1. The molecule has 0 aliphatic carbocycles. The Morgan fingerprint density at radius 1 is 0.857 bits per heavy atom. The first-order valence-corrected chi connectivity index (χ1v) is 8.70. The molecular formula is C23H16O5. The van der Waals surface area contributed by atoms with Crippen molar-refractivity contribution < 1.29 is 19.1 Å². The molecule has 1 heterocycles. The Morgan fingerprint density at radius 3 is 2.18 bits per heavy atom. The summed E-state index contributed by atoms with van der Waals surface area (Å²) in [5, 5.41) is 10.4. The highest BCUT2D eigenvalue weighted by Gasteiger charge is 2.20. The molecule has 0 saturated heterocycles. The van der Waals surface area contributed by atoms with Crippen molar-refractivity contribution in [3.63, 3.8) is 0 Å². The van der Waals surface area contributed by atoms with Gasteiger partial charge < -0.3 is 14.3 Å². The standard InChI is InChI=1S/C23H16O5/c24-22(25)21-20(18-8-4-5-9-19(18)23(26)28-21)16-10-12-17(13-11-16)27-14-15-6-2-1-3-7-15/h1-13H,14H2,(H,24,25). The van der Waals surface area contributed by atoms with Crippen molar-refractivity contribution in [2.45, 2.75) is 6.61 Å². The summed E-state index contributed by atoms with van der Waals surface area (Å²) in [5.74, 6) is -1.00. The highest BCUT2D eigenvalue weighted by molar-refractivity contribution is 6.04. The predicted molar refractivity (Wildman–Crippen MR) is 106 cm³/mol. The first kappa shape index (κ1) is 17.5. The number of hydrogen-bond acceptors (Lipinski definition) is 4. The molecular weight excluding hydrogens is 356 g/mol. The summed E-state index contributed by atoms with van der Waals surface area (Å²) in [7, 11) is 0. The molecule has 0 bridgehead atoms. The average molecular weight is 372 g/mol. The van der Waals surface area contributed by atoms with Gasteiger partial charge in [0.1, 0.15) is 12.4 Å². The second kappa shape index (κ2) is 7.40. The zero-order chi connectivity index (χ0) is 19.5. The molecule has 0 aliphatic heterocycles. The van der Waals surface area contributed by atoms with E-state index in [9.17, 15) is 14.7 Å². The number of rotatable bonds is 5. The number of carboxylic acids is 1. The van der Waals surface area contributed by atoms with Crippen LogP contribution < -0.4 is 10.4 Å². The van der Waals surface area contributed by atoms with Crippen LogP contribution in [-0.4, -0.2) is 11.1 Å². The number of ether oxygens (including phenoxy) is 1. The molecule has 1 aromatic heterocycles. The van der Waals surface area contributed by atoms with Crippen molar-refractivity contribution in [3.8, 4) is 16.9 Å². The molecule has 4 rings (SSSR count). The molecule has 3 aromatic carbocycles. The molecule has 0 atom stereocenters. The Kier molecular flexibility index (Phi) is 4.64. The van der Waals surface area contributed by atoms with E-state index in [1.54, 1.807) is 48.5 Å². The summed E-state index contributed by atoms with van der Waals surface area (Å²) in [4.78, 5) is 23.8. The van der Waals surface area contributed by atoms with Crippen molar-refractivity contribution in [3.05, 3.63) is 101 Å². The van der Waals surface area contributed by atoms with Gasteiger partial charge in [0.2, 0.25) is 5.76 Å². The Labute approximate surface area is 160 Å². The Balaban J connectivity index is 1.72. The summed E-state index contributed by atoms with van der Waals surface area (Å²) in [5.41, 5.74) is 1.39. The lowest BCUT2D eigenvalue weighted by molar-refractivity contribution is 0.0659. The van der Waals surface area contributed by atoms with Crippen LogP contribution in [0.5, 0.6) is 5.75 Å². The van der Waals surface area contributed by atoms with Crippen LogP contribution in [0.25, 0.3) is 21.9 Å². The second-order valence-electron chi connectivity index (χ2n) is 6.24. The molecule has 5 heteroatoms. The maximum absolute atomic E-state index is 12.1. The largest absolute Gasteiger partial charge is 0.489 e.